The van der Waals surface area contributed by atoms with Crippen LogP contribution in [0.5, 0.6) is 0 Å². The topological polar surface area (TPSA) is 35.6 Å². The number of carbonyl (C=O) groups excluding carboxylic acids is 1. The van der Waals surface area contributed by atoms with E-state index in [1.165, 1.54) is 5.56 Å². The van der Waals surface area contributed by atoms with Gasteiger partial charge in [0, 0.05) is 25.3 Å². The smallest absolute Gasteiger partial charge is 0.321 e. The fourth-order valence-electron chi connectivity index (χ4n) is 2.82. The summed E-state index contributed by atoms with van der Waals surface area (Å²) >= 11 is 0. The van der Waals surface area contributed by atoms with Crippen LogP contribution in [-0.2, 0) is 0 Å². The highest BCUT2D eigenvalue weighted by atomic mass is 16.2. The Hall–Kier alpha value is -1.55. The van der Waals surface area contributed by atoms with Gasteiger partial charge in [-0.3, -0.25) is 0 Å². The highest BCUT2D eigenvalue weighted by molar-refractivity contribution is 5.90. The maximum Gasteiger partial charge on any atom is 0.321 e. The third kappa shape index (κ3) is 3.97. The Morgan fingerprint density at radius 1 is 1.43 bits per heavy atom. The minimum Gasteiger partial charge on any atom is -0.324 e. The molecule has 1 saturated heterocycles. The number of hydrogen-bond donors (Lipinski definition) is 1. The monoisotopic (exact) mass is 289 g/mol. The lowest BCUT2D eigenvalue weighted by Crippen LogP contribution is -2.34. The van der Waals surface area contributed by atoms with Gasteiger partial charge >= 0.3 is 6.03 Å². The van der Waals surface area contributed by atoms with Crippen LogP contribution in [0, 0.1) is 19.8 Å². The lowest BCUT2D eigenvalue weighted by molar-refractivity contribution is 0.218. The fraction of sp³-hybridized carbons (Fsp3) is 0.588. The minimum absolute atomic E-state index is 0.0327. The minimum atomic E-state index is 0.0327. The van der Waals surface area contributed by atoms with Crippen molar-refractivity contribution < 1.29 is 4.79 Å². The maximum absolute atomic E-state index is 12.4. The first-order valence-corrected chi connectivity index (χ1v) is 7.82. The van der Waals surface area contributed by atoms with Crippen LogP contribution >= 0.6 is 0 Å². The third-order valence-corrected chi connectivity index (χ3v) is 4.53. The van der Waals surface area contributed by atoms with Crippen molar-refractivity contribution in [1.82, 2.24) is 9.80 Å². The molecule has 21 heavy (non-hydrogen) atoms. The van der Waals surface area contributed by atoms with Gasteiger partial charge in [-0.05, 0) is 57.0 Å². The van der Waals surface area contributed by atoms with Crippen molar-refractivity contribution in [3.63, 3.8) is 0 Å². The first-order chi connectivity index (χ1) is 10.0. The summed E-state index contributed by atoms with van der Waals surface area (Å²) in [6, 6.07) is 6.06. The average Bonchev–Trinajstić information content (AvgIpc) is 2.92. The molecule has 0 saturated carbocycles. The molecular weight excluding hydrogens is 262 g/mol. The number of rotatable bonds is 4. The van der Waals surface area contributed by atoms with Crippen molar-refractivity contribution in [3.05, 3.63) is 29.3 Å². The van der Waals surface area contributed by atoms with Crippen LogP contribution in [-0.4, -0.2) is 49.1 Å². The Morgan fingerprint density at radius 2 is 2.19 bits per heavy atom. The van der Waals surface area contributed by atoms with Gasteiger partial charge in [-0.15, -0.1) is 0 Å². The summed E-state index contributed by atoms with van der Waals surface area (Å²) in [6.45, 7) is 10.1. The molecule has 1 aliphatic heterocycles. The van der Waals surface area contributed by atoms with E-state index in [9.17, 15) is 4.79 Å². The van der Waals surface area contributed by atoms with Gasteiger partial charge in [-0.25, -0.2) is 4.79 Å². The van der Waals surface area contributed by atoms with Gasteiger partial charge in [0.15, 0.2) is 0 Å². The standard InChI is InChI=1S/C17H27N3O/c1-5-19(4)11-15-9-10-20(12-15)17(21)18-16-8-6-7-13(2)14(16)3/h6-8,15H,5,9-12H2,1-4H3,(H,18,21)/t15-/m1/s1. The maximum atomic E-state index is 12.4. The molecule has 1 fully saturated rings. The second-order valence-electron chi connectivity index (χ2n) is 6.13. The van der Waals surface area contributed by atoms with Crippen molar-refractivity contribution in [1.29, 1.82) is 0 Å². The Kier molecular flexibility index (Phi) is 5.23. The van der Waals surface area contributed by atoms with Gasteiger partial charge in [-0.1, -0.05) is 19.1 Å². The zero-order valence-electron chi connectivity index (χ0n) is 13.6. The zero-order valence-corrected chi connectivity index (χ0v) is 13.6. The van der Waals surface area contributed by atoms with E-state index in [4.69, 9.17) is 0 Å². The van der Waals surface area contributed by atoms with E-state index in [2.05, 4.69) is 37.2 Å². The van der Waals surface area contributed by atoms with E-state index >= 15 is 0 Å². The van der Waals surface area contributed by atoms with Crippen molar-refractivity contribution in [3.8, 4) is 0 Å². The van der Waals surface area contributed by atoms with Crippen LogP contribution in [0.4, 0.5) is 10.5 Å². The SMILES string of the molecule is CCN(C)C[C@H]1CCN(C(=O)Nc2cccc(C)c2C)C1. The molecule has 0 bridgehead atoms. The van der Waals surface area contributed by atoms with Crippen molar-refractivity contribution in [2.75, 3.05) is 38.5 Å². The fourth-order valence-corrected chi connectivity index (χ4v) is 2.82. The quantitative estimate of drug-likeness (QED) is 0.924. The molecule has 0 spiro atoms. The molecule has 2 amide bonds. The normalized spacial score (nSPS) is 18.3. The summed E-state index contributed by atoms with van der Waals surface area (Å²) < 4.78 is 0. The van der Waals surface area contributed by atoms with E-state index in [0.717, 1.165) is 43.9 Å². The molecule has 0 radical (unpaired) electrons. The molecule has 4 nitrogen and oxygen atoms in total. The van der Waals surface area contributed by atoms with Crippen molar-refractivity contribution in [2.24, 2.45) is 5.92 Å². The summed E-state index contributed by atoms with van der Waals surface area (Å²) in [6.07, 6.45) is 1.10. The predicted octanol–water partition coefficient (Wildman–Crippen LogP) is 3.11. The summed E-state index contributed by atoms with van der Waals surface area (Å²) in [5.41, 5.74) is 3.28. The molecule has 1 N–H and O–H groups in total. The van der Waals surface area contributed by atoms with Crippen LogP contribution in [0.15, 0.2) is 18.2 Å². The number of aryl methyl sites for hydroxylation is 1. The molecule has 1 aliphatic rings. The summed E-state index contributed by atoms with van der Waals surface area (Å²) in [7, 11) is 2.14. The van der Waals surface area contributed by atoms with Crippen molar-refractivity contribution >= 4 is 11.7 Å². The molecule has 1 aromatic carbocycles. The summed E-state index contributed by atoms with van der Waals surface area (Å²) in [5, 5.41) is 3.05. The Morgan fingerprint density at radius 3 is 2.90 bits per heavy atom. The number of benzene rings is 1. The molecular formula is C17H27N3O. The molecule has 2 rings (SSSR count). The molecule has 0 aliphatic carbocycles. The van der Waals surface area contributed by atoms with Gasteiger partial charge in [0.1, 0.15) is 0 Å². The number of nitrogens with zero attached hydrogens (tertiary/aromatic N) is 2. The summed E-state index contributed by atoms with van der Waals surface area (Å²) in [4.78, 5) is 16.6. The number of carbonyl (C=O) groups is 1. The highest BCUT2D eigenvalue weighted by Gasteiger charge is 2.27. The molecule has 116 valence electrons. The van der Waals surface area contributed by atoms with Crippen molar-refractivity contribution in [2.45, 2.75) is 27.2 Å². The second-order valence-corrected chi connectivity index (χ2v) is 6.13. The molecule has 1 aromatic rings. The van der Waals surface area contributed by atoms with E-state index in [0.29, 0.717) is 5.92 Å². The zero-order chi connectivity index (χ0) is 15.4. The number of urea groups is 1. The first-order valence-electron chi connectivity index (χ1n) is 7.82. The van der Waals surface area contributed by atoms with E-state index in [-0.39, 0.29) is 6.03 Å². The lowest BCUT2D eigenvalue weighted by atomic mass is 10.1. The Bertz CT molecular complexity index is 501. The average molecular weight is 289 g/mol. The third-order valence-electron chi connectivity index (χ3n) is 4.53. The van der Waals surface area contributed by atoms with E-state index < -0.39 is 0 Å². The summed E-state index contributed by atoms with van der Waals surface area (Å²) in [5.74, 6) is 0.597. The van der Waals surface area contributed by atoms with Gasteiger partial charge in [0.25, 0.3) is 0 Å². The molecule has 1 atom stereocenters. The van der Waals surface area contributed by atoms with E-state index in [1.807, 2.05) is 24.0 Å². The lowest BCUT2D eigenvalue weighted by Gasteiger charge is -2.21. The van der Waals surface area contributed by atoms with Gasteiger partial charge in [0.05, 0.1) is 0 Å². The number of amides is 2. The first kappa shape index (κ1) is 15.8. The predicted molar refractivity (Wildman–Crippen MR) is 87.8 cm³/mol. The molecule has 4 heteroatoms. The number of nitrogens with one attached hydrogen (secondary N) is 1. The van der Waals surface area contributed by atoms with E-state index in [1.54, 1.807) is 0 Å². The Labute approximate surface area is 128 Å². The van der Waals surface area contributed by atoms with Crippen LogP contribution in [0.1, 0.15) is 24.5 Å². The molecule has 0 unspecified atom stereocenters. The van der Waals surface area contributed by atoms with Crippen LogP contribution < -0.4 is 5.32 Å². The largest absolute Gasteiger partial charge is 0.324 e. The highest BCUT2D eigenvalue weighted by Crippen LogP contribution is 2.21. The molecule has 1 heterocycles. The van der Waals surface area contributed by atoms with Crippen LogP contribution in [0.2, 0.25) is 0 Å². The second kappa shape index (κ2) is 6.94. The number of likely N-dealkylation sites (tertiary alicyclic amines) is 1. The van der Waals surface area contributed by atoms with Gasteiger partial charge in [-0.2, -0.15) is 0 Å². The van der Waals surface area contributed by atoms with Crippen LogP contribution in [0.3, 0.4) is 0 Å². The Balaban J connectivity index is 1.91. The van der Waals surface area contributed by atoms with Crippen LogP contribution in [0.25, 0.3) is 0 Å². The number of anilines is 1. The van der Waals surface area contributed by atoms with Gasteiger partial charge in [0.2, 0.25) is 0 Å². The van der Waals surface area contributed by atoms with Gasteiger partial charge < -0.3 is 15.1 Å². The molecule has 0 aromatic heterocycles. The number of hydrogen-bond acceptors (Lipinski definition) is 2.